The van der Waals surface area contributed by atoms with Gasteiger partial charge in [0.05, 0.1) is 0 Å². The van der Waals surface area contributed by atoms with Gasteiger partial charge in [-0.25, -0.2) is 0 Å². The maximum atomic E-state index is 4.09. The number of aryl methyl sites for hydroxylation is 1. The zero-order chi connectivity index (χ0) is 9.68. The summed E-state index contributed by atoms with van der Waals surface area (Å²) in [6.45, 7) is 5.51. The van der Waals surface area contributed by atoms with Gasteiger partial charge in [0, 0.05) is 42.9 Å². The molecule has 0 spiro atoms. The van der Waals surface area contributed by atoms with E-state index in [1.54, 1.807) is 0 Å². The lowest BCUT2D eigenvalue weighted by Crippen LogP contribution is -2.19. The molecule has 0 radical (unpaired) electrons. The highest BCUT2D eigenvalue weighted by Crippen LogP contribution is 1.98. The number of hydrogen-bond acceptors (Lipinski definition) is 2. The SMILES string of the molecule is C=C(Br)CNCCc1ccnn1C. The van der Waals surface area contributed by atoms with Gasteiger partial charge in [0.2, 0.25) is 0 Å². The maximum absolute atomic E-state index is 4.09. The van der Waals surface area contributed by atoms with E-state index < -0.39 is 0 Å². The second kappa shape index (κ2) is 5.19. The van der Waals surface area contributed by atoms with Gasteiger partial charge in [-0.3, -0.25) is 4.68 Å². The summed E-state index contributed by atoms with van der Waals surface area (Å²) in [7, 11) is 1.96. The predicted octanol–water partition coefficient (Wildman–Crippen LogP) is 1.46. The van der Waals surface area contributed by atoms with Crippen LogP contribution in [0.25, 0.3) is 0 Å². The monoisotopic (exact) mass is 243 g/mol. The van der Waals surface area contributed by atoms with Crippen LogP contribution in [-0.4, -0.2) is 22.9 Å². The summed E-state index contributed by atoms with van der Waals surface area (Å²) < 4.78 is 2.88. The Morgan fingerprint density at radius 3 is 3.08 bits per heavy atom. The fourth-order valence-electron chi connectivity index (χ4n) is 1.09. The van der Waals surface area contributed by atoms with Gasteiger partial charge >= 0.3 is 0 Å². The van der Waals surface area contributed by atoms with Crippen molar-refractivity contribution in [1.29, 1.82) is 0 Å². The predicted molar refractivity (Wildman–Crippen MR) is 57.8 cm³/mol. The van der Waals surface area contributed by atoms with Gasteiger partial charge in [0.25, 0.3) is 0 Å². The number of aromatic nitrogens is 2. The van der Waals surface area contributed by atoms with Gasteiger partial charge in [0.15, 0.2) is 0 Å². The minimum atomic E-state index is 0.817. The number of nitrogens with zero attached hydrogens (tertiary/aromatic N) is 2. The highest BCUT2D eigenvalue weighted by Gasteiger charge is 1.96. The van der Waals surface area contributed by atoms with Gasteiger partial charge in [-0.2, -0.15) is 5.10 Å². The van der Waals surface area contributed by atoms with Gasteiger partial charge in [-0.1, -0.05) is 22.5 Å². The number of halogens is 1. The first-order valence-electron chi connectivity index (χ1n) is 4.21. The Morgan fingerprint density at radius 2 is 2.54 bits per heavy atom. The molecule has 3 nitrogen and oxygen atoms in total. The van der Waals surface area contributed by atoms with E-state index in [9.17, 15) is 0 Å². The Bertz CT molecular complexity index is 280. The standard InChI is InChI=1S/C9H14BrN3/c1-8(10)7-11-5-3-9-4-6-12-13(9)2/h4,6,11H,1,3,5,7H2,2H3. The van der Waals surface area contributed by atoms with Gasteiger partial charge in [-0.05, 0) is 6.07 Å². The van der Waals surface area contributed by atoms with Crippen LogP contribution in [-0.2, 0) is 13.5 Å². The number of nitrogens with one attached hydrogen (secondary N) is 1. The first-order valence-corrected chi connectivity index (χ1v) is 5.00. The van der Waals surface area contributed by atoms with Crippen LogP contribution in [0, 0.1) is 0 Å². The van der Waals surface area contributed by atoms with Gasteiger partial charge in [-0.15, -0.1) is 0 Å². The molecule has 13 heavy (non-hydrogen) atoms. The van der Waals surface area contributed by atoms with Crippen molar-refractivity contribution in [2.24, 2.45) is 7.05 Å². The van der Waals surface area contributed by atoms with Crippen molar-refractivity contribution in [3.8, 4) is 0 Å². The molecule has 0 aliphatic rings. The lowest BCUT2D eigenvalue weighted by Gasteiger charge is -2.03. The van der Waals surface area contributed by atoms with E-state index in [4.69, 9.17) is 0 Å². The molecule has 0 saturated heterocycles. The van der Waals surface area contributed by atoms with E-state index in [2.05, 4.69) is 32.9 Å². The average Bonchev–Trinajstić information content (AvgIpc) is 2.45. The van der Waals surface area contributed by atoms with Crippen molar-refractivity contribution in [3.05, 3.63) is 29.0 Å². The summed E-state index contributed by atoms with van der Waals surface area (Å²) in [4.78, 5) is 0. The van der Waals surface area contributed by atoms with Crippen LogP contribution in [0.15, 0.2) is 23.3 Å². The van der Waals surface area contributed by atoms with Crippen molar-refractivity contribution < 1.29 is 0 Å². The molecule has 1 aromatic rings. The van der Waals surface area contributed by atoms with E-state index in [0.29, 0.717) is 0 Å². The molecule has 1 N–H and O–H groups in total. The van der Waals surface area contributed by atoms with Crippen LogP contribution in [0.2, 0.25) is 0 Å². The Balaban J connectivity index is 2.20. The lowest BCUT2D eigenvalue weighted by molar-refractivity contribution is 0.667. The quantitative estimate of drug-likeness (QED) is 0.795. The lowest BCUT2D eigenvalue weighted by atomic mass is 10.3. The molecule has 72 valence electrons. The van der Waals surface area contributed by atoms with E-state index in [1.165, 1.54) is 5.69 Å². The Morgan fingerprint density at radius 1 is 1.77 bits per heavy atom. The largest absolute Gasteiger partial charge is 0.312 e. The number of hydrogen-bond donors (Lipinski definition) is 1. The molecule has 0 fully saturated rings. The third kappa shape index (κ3) is 3.74. The minimum absolute atomic E-state index is 0.817. The molecule has 4 heteroatoms. The zero-order valence-corrected chi connectivity index (χ0v) is 9.34. The molecular weight excluding hydrogens is 230 g/mol. The summed E-state index contributed by atoms with van der Waals surface area (Å²) in [6, 6.07) is 2.03. The van der Waals surface area contributed by atoms with Crippen LogP contribution in [0.3, 0.4) is 0 Å². The van der Waals surface area contributed by atoms with Crippen LogP contribution in [0.4, 0.5) is 0 Å². The molecule has 1 rings (SSSR count). The molecule has 0 aromatic carbocycles. The Hall–Kier alpha value is -0.610. The van der Waals surface area contributed by atoms with Crippen molar-refractivity contribution in [3.63, 3.8) is 0 Å². The third-order valence-electron chi connectivity index (χ3n) is 1.80. The highest BCUT2D eigenvalue weighted by molar-refractivity contribution is 9.11. The summed E-state index contributed by atoms with van der Waals surface area (Å²) in [5, 5.41) is 7.36. The second-order valence-electron chi connectivity index (χ2n) is 2.89. The average molecular weight is 244 g/mol. The van der Waals surface area contributed by atoms with E-state index in [0.717, 1.165) is 24.0 Å². The molecule has 0 saturated carbocycles. The van der Waals surface area contributed by atoms with Crippen LogP contribution in [0.5, 0.6) is 0 Å². The number of rotatable bonds is 5. The van der Waals surface area contributed by atoms with Crippen molar-refractivity contribution in [2.75, 3.05) is 13.1 Å². The van der Waals surface area contributed by atoms with Crippen molar-refractivity contribution >= 4 is 15.9 Å². The third-order valence-corrected chi connectivity index (χ3v) is 2.08. The topological polar surface area (TPSA) is 29.9 Å². The molecular formula is C9H14BrN3. The zero-order valence-electron chi connectivity index (χ0n) is 7.76. The van der Waals surface area contributed by atoms with Crippen LogP contribution >= 0.6 is 15.9 Å². The molecule has 0 atom stereocenters. The molecule has 0 aliphatic carbocycles. The molecule has 0 bridgehead atoms. The summed E-state index contributed by atoms with van der Waals surface area (Å²) in [6.07, 6.45) is 2.82. The fourth-order valence-corrected chi connectivity index (χ4v) is 1.29. The molecule has 0 aliphatic heterocycles. The summed E-state index contributed by atoms with van der Waals surface area (Å²) in [5.41, 5.74) is 1.24. The van der Waals surface area contributed by atoms with Gasteiger partial charge < -0.3 is 5.32 Å². The normalized spacial score (nSPS) is 10.3. The van der Waals surface area contributed by atoms with Crippen molar-refractivity contribution in [1.82, 2.24) is 15.1 Å². The van der Waals surface area contributed by atoms with Gasteiger partial charge in [0.1, 0.15) is 0 Å². The Labute approximate surface area is 87.0 Å². The van der Waals surface area contributed by atoms with Crippen molar-refractivity contribution in [2.45, 2.75) is 6.42 Å². The minimum Gasteiger partial charge on any atom is -0.312 e. The summed E-state index contributed by atoms with van der Waals surface area (Å²) in [5.74, 6) is 0. The van der Waals surface area contributed by atoms with E-state index >= 15 is 0 Å². The molecule has 0 amide bonds. The molecule has 0 unspecified atom stereocenters. The fraction of sp³-hybridized carbons (Fsp3) is 0.444. The summed E-state index contributed by atoms with van der Waals surface area (Å²) >= 11 is 3.29. The molecule has 1 aromatic heterocycles. The van der Waals surface area contributed by atoms with E-state index in [1.807, 2.05) is 24.0 Å². The first kappa shape index (κ1) is 10.5. The Kier molecular flexibility index (Phi) is 4.18. The maximum Gasteiger partial charge on any atom is 0.0492 e. The molecule has 1 heterocycles. The van der Waals surface area contributed by atoms with Crippen LogP contribution < -0.4 is 5.32 Å². The second-order valence-corrected chi connectivity index (χ2v) is 4.01. The highest BCUT2D eigenvalue weighted by atomic mass is 79.9. The van der Waals surface area contributed by atoms with E-state index in [-0.39, 0.29) is 0 Å². The first-order chi connectivity index (χ1) is 6.20. The smallest absolute Gasteiger partial charge is 0.0492 e. The van der Waals surface area contributed by atoms with Crippen LogP contribution in [0.1, 0.15) is 5.69 Å².